The molecule has 0 aliphatic carbocycles. The summed E-state index contributed by atoms with van der Waals surface area (Å²) in [7, 11) is 0. The maximum atomic E-state index is 11.8. The van der Waals surface area contributed by atoms with Gasteiger partial charge in [-0.3, -0.25) is 9.48 Å². The number of para-hydroxylation sites is 2. The van der Waals surface area contributed by atoms with Gasteiger partial charge in [-0.05, 0) is 19.1 Å². The summed E-state index contributed by atoms with van der Waals surface area (Å²) in [5, 5.41) is 6.89. The normalized spacial score (nSPS) is 11.0. The van der Waals surface area contributed by atoms with Crippen LogP contribution in [0.3, 0.4) is 0 Å². The van der Waals surface area contributed by atoms with Crippen LogP contribution in [0, 0.1) is 6.92 Å². The second-order valence-corrected chi connectivity index (χ2v) is 5.06. The molecule has 114 valence electrons. The Morgan fingerprint density at radius 2 is 2.14 bits per heavy atom. The summed E-state index contributed by atoms with van der Waals surface area (Å²) in [5.74, 6) is 0.968. The number of benzene rings is 1. The maximum Gasteiger partial charge on any atom is 0.221 e. The zero-order valence-corrected chi connectivity index (χ0v) is 12.4. The molecule has 1 aromatic carbocycles. The first-order chi connectivity index (χ1) is 10.7. The average Bonchev–Trinajstić information content (AvgIpc) is 3.13. The molecule has 0 unspecified atom stereocenters. The van der Waals surface area contributed by atoms with Crippen molar-refractivity contribution < 1.29 is 4.79 Å². The molecule has 7 nitrogen and oxygen atoms in total. The van der Waals surface area contributed by atoms with Crippen molar-refractivity contribution in [1.82, 2.24) is 29.6 Å². The van der Waals surface area contributed by atoms with Gasteiger partial charge in [0.2, 0.25) is 5.91 Å². The summed E-state index contributed by atoms with van der Waals surface area (Å²) in [6.07, 6.45) is 3.46. The summed E-state index contributed by atoms with van der Waals surface area (Å²) in [6, 6.07) is 8.01. The molecule has 0 fully saturated rings. The first-order valence-electron chi connectivity index (χ1n) is 7.25. The lowest BCUT2D eigenvalue weighted by molar-refractivity contribution is -0.121. The van der Waals surface area contributed by atoms with Crippen molar-refractivity contribution >= 4 is 16.9 Å². The third-order valence-corrected chi connectivity index (χ3v) is 3.54. The number of nitrogens with one attached hydrogen (secondary N) is 1. The maximum absolute atomic E-state index is 11.8. The van der Waals surface area contributed by atoms with E-state index in [4.69, 9.17) is 0 Å². The minimum absolute atomic E-state index is 0.0116. The van der Waals surface area contributed by atoms with Crippen LogP contribution in [-0.4, -0.2) is 36.8 Å². The number of hydrogen-bond acceptors (Lipinski definition) is 4. The molecule has 1 N–H and O–H groups in total. The average molecular weight is 298 g/mol. The Morgan fingerprint density at radius 3 is 2.95 bits per heavy atom. The first-order valence-corrected chi connectivity index (χ1v) is 7.25. The number of imidazole rings is 1. The Balaban J connectivity index is 1.51. The summed E-state index contributed by atoms with van der Waals surface area (Å²) in [4.78, 5) is 20.2. The minimum atomic E-state index is 0.0116. The molecule has 0 aliphatic rings. The van der Waals surface area contributed by atoms with Crippen LogP contribution in [0.2, 0.25) is 0 Å². The Kier molecular flexibility index (Phi) is 4.13. The van der Waals surface area contributed by atoms with Crippen LogP contribution in [0.15, 0.2) is 36.9 Å². The third kappa shape index (κ3) is 3.13. The van der Waals surface area contributed by atoms with E-state index >= 15 is 0 Å². The van der Waals surface area contributed by atoms with Gasteiger partial charge in [0.1, 0.15) is 18.5 Å². The molecular formula is C15H18N6O. The van der Waals surface area contributed by atoms with E-state index in [1.165, 1.54) is 6.33 Å². The Hall–Kier alpha value is -2.70. The molecule has 0 radical (unpaired) electrons. The van der Waals surface area contributed by atoms with Crippen LogP contribution in [-0.2, 0) is 17.9 Å². The van der Waals surface area contributed by atoms with Gasteiger partial charge in [0.15, 0.2) is 0 Å². The molecule has 0 spiro atoms. The van der Waals surface area contributed by atoms with E-state index in [1.54, 1.807) is 11.0 Å². The molecule has 0 aliphatic heterocycles. The lowest BCUT2D eigenvalue weighted by Crippen LogP contribution is -2.28. The van der Waals surface area contributed by atoms with E-state index in [2.05, 4.69) is 25.0 Å². The van der Waals surface area contributed by atoms with Crippen LogP contribution < -0.4 is 5.32 Å². The predicted octanol–water partition coefficient (Wildman–Crippen LogP) is 1.14. The molecule has 0 bridgehead atoms. The number of carbonyl (C=O) groups excluding carboxylic acids is 1. The van der Waals surface area contributed by atoms with E-state index in [1.807, 2.05) is 31.2 Å². The zero-order chi connectivity index (χ0) is 15.4. The molecule has 2 heterocycles. The highest BCUT2D eigenvalue weighted by molar-refractivity contribution is 5.76. The highest BCUT2D eigenvalue weighted by Crippen LogP contribution is 2.14. The molecule has 0 saturated carbocycles. The number of fused-ring (bicyclic) bond motifs is 1. The summed E-state index contributed by atoms with van der Waals surface area (Å²) in [5.41, 5.74) is 2.08. The fourth-order valence-electron chi connectivity index (χ4n) is 2.44. The molecule has 22 heavy (non-hydrogen) atoms. The molecule has 2 aromatic heterocycles. The monoisotopic (exact) mass is 298 g/mol. The Labute approximate surface area is 128 Å². The molecule has 1 amide bonds. The lowest BCUT2D eigenvalue weighted by Gasteiger charge is -2.08. The van der Waals surface area contributed by atoms with Crippen molar-refractivity contribution in [2.75, 3.05) is 6.54 Å². The van der Waals surface area contributed by atoms with Crippen molar-refractivity contribution in [2.24, 2.45) is 0 Å². The van der Waals surface area contributed by atoms with Crippen molar-refractivity contribution in [2.45, 2.75) is 26.4 Å². The number of carbonyl (C=O) groups is 1. The van der Waals surface area contributed by atoms with Gasteiger partial charge < -0.3 is 9.88 Å². The van der Waals surface area contributed by atoms with Crippen molar-refractivity contribution in [3.8, 4) is 0 Å². The highest BCUT2D eigenvalue weighted by atomic mass is 16.1. The highest BCUT2D eigenvalue weighted by Gasteiger charge is 2.07. The number of nitrogens with zero attached hydrogens (tertiary/aromatic N) is 5. The topological polar surface area (TPSA) is 77.6 Å². The fourth-order valence-corrected chi connectivity index (χ4v) is 2.44. The summed E-state index contributed by atoms with van der Waals surface area (Å²) >= 11 is 0. The van der Waals surface area contributed by atoms with Crippen molar-refractivity contribution in [1.29, 1.82) is 0 Å². The van der Waals surface area contributed by atoms with E-state index in [0.29, 0.717) is 26.1 Å². The van der Waals surface area contributed by atoms with Crippen LogP contribution in [0.5, 0.6) is 0 Å². The zero-order valence-electron chi connectivity index (χ0n) is 12.4. The number of aromatic nitrogens is 5. The van der Waals surface area contributed by atoms with E-state index in [-0.39, 0.29) is 5.91 Å². The molecule has 0 saturated heterocycles. The van der Waals surface area contributed by atoms with Crippen molar-refractivity contribution in [3.05, 3.63) is 42.7 Å². The van der Waals surface area contributed by atoms with Gasteiger partial charge >= 0.3 is 0 Å². The van der Waals surface area contributed by atoms with E-state index in [0.717, 1.165) is 16.9 Å². The number of hydrogen-bond donors (Lipinski definition) is 1. The van der Waals surface area contributed by atoms with Crippen LogP contribution in [0.25, 0.3) is 11.0 Å². The Morgan fingerprint density at radius 1 is 1.27 bits per heavy atom. The van der Waals surface area contributed by atoms with Crippen molar-refractivity contribution in [3.63, 3.8) is 0 Å². The third-order valence-electron chi connectivity index (χ3n) is 3.54. The Bertz CT molecular complexity index is 762. The molecule has 0 atom stereocenters. The SMILES string of the molecule is Cc1nc2ccccc2n1CCNC(=O)CCn1cncn1. The van der Waals surface area contributed by atoms with Crippen LogP contribution in [0.1, 0.15) is 12.2 Å². The van der Waals surface area contributed by atoms with E-state index in [9.17, 15) is 4.79 Å². The molecule has 3 rings (SSSR count). The fraction of sp³-hybridized carbons (Fsp3) is 0.333. The second kappa shape index (κ2) is 6.38. The predicted molar refractivity (Wildman–Crippen MR) is 82.1 cm³/mol. The van der Waals surface area contributed by atoms with Gasteiger partial charge in [-0.25, -0.2) is 9.97 Å². The van der Waals surface area contributed by atoms with Gasteiger partial charge in [-0.2, -0.15) is 5.10 Å². The van der Waals surface area contributed by atoms with Gasteiger partial charge in [-0.15, -0.1) is 0 Å². The summed E-state index contributed by atoms with van der Waals surface area (Å²) in [6.45, 7) is 3.81. The number of aryl methyl sites for hydroxylation is 2. The van der Waals surface area contributed by atoms with Gasteiger partial charge in [-0.1, -0.05) is 12.1 Å². The second-order valence-electron chi connectivity index (χ2n) is 5.06. The molecular weight excluding hydrogens is 280 g/mol. The standard InChI is InChI=1S/C15H18N6O/c1-12-19-13-4-2-3-5-14(13)21(12)9-7-17-15(22)6-8-20-11-16-10-18-20/h2-5,10-11H,6-9H2,1H3,(H,17,22). The largest absolute Gasteiger partial charge is 0.354 e. The molecule has 3 aromatic rings. The van der Waals surface area contributed by atoms with Gasteiger partial charge in [0, 0.05) is 19.5 Å². The first kappa shape index (κ1) is 14.2. The van der Waals surface area contributed by atoms with Crippen LogP contribution in [0.4, 0.5) is 0 Å². The number of amides is 1. The lowest BCUT2D eigenvalue weighted by atomic mass is 10.3. The van der Waals surface area contributed by atoms with E-state index < -0.39 is 0 Å². The van der Waals surface area contributed by atoms with Crippen LogP contribution >= 0.6 is 0 Å². The quantitative estimate of drug-likeness (QED) is 0.740. The van der Waals surface area contributed by atoms with Gasteiger partial charge in [0.25, 0.3) is 0 Å². The molecule has 7 heteroatoms. The summed E-state index contributed by atoms with van der Waals surface area (Å²) < 4.78 is 3.76. The smallest absolute Gasteiger partial charge is 0.221 e. The van der Waals surface area contributed by atoms with Gasteiger partial charge in [0.05, 0.1) is 17.6 Å². The minimum Gasteiger partial charge on any atom is -0.354 e. The number of rotatable bonds is 6.